The molecule has 0 aromatic heterocycles. The van der Waals surface area contributed by atoms with Crippen molar-refractivity contribution in [2.24, 2.45) is 0 Å². The van der Waals surface area contributed by atoms with Crippen LogP contribution in [0.15, 0.2) is 84.9 Å². The van der Waals surface area contributed by atoms with Gasteiger partial charge in [-0.05, 0) is 87.2 Å². The lowest BCUT2D eigenvalue weighted by molar-refractivity contribution is 0.932. The van der Waals surface area contributed by atoms with Crippen molar-refractivity contribution in [3.05, 3.63) is 102 Å². The molecule has 0 amide bonds. The van der Waals surface area contributed by atoms with Crippen LogP contribution in [0.2, 0.25) is 0 Å². The Kier molecular flexibility index (Phi) is 4.64. The fraction of sp³-hybridized carbons (Fsp3) is 0.182. The van der Waals surface area contributed by atoms with Crippen LogP contribution in [0.1, 0.15) is 29.5 Å². The Balaban J connectivity index is 1.51. The topological polar surface area (TPSA) is 27.0 Å². The van der Waals surface area contributed by atoms with Gasteiger partial charge in [0, 0.05) is 18.7 Å². The van der Waals surface area contributed by atoms with Crippen molar-refractivity contribution in [3.8, 4) is 28.3 Å². The first-order valence-electron chi connectivity index (χ1n) is 12.7. The van der Waals surface area contributed by atoms with Crippen molar-refractivity contribution >= 4 is 27.2 Å². The highest BCUT2D eigenvalue weighted by atomic mass is 15.1. The van der Waals surface area contributed by atoms with E-state index < -0.39 is 0 Å². The molecule has 0 unspecified atom stereocenters. The summed E-state index contributed by atoms with van der Waals surface area (Å²) in [7, 11) is 0. The Morgan fingerprint density at radius 3 is 2.34 bits per heavy atom. The maximum Gasteiger partial charge on any atom is 0.102 e. The van der Waals surface area contributed by atoms with E-state index in [9.17, 15) is 5.26 Å². The minimum atomic E-state index is 0.851. The Morgan fingerprint density at radius 2 is 1.46 bits per heavy atom. The summed E-state index contributed by atoms with van der Waals surface area (Å²) < 4.78 is 0. The Hall–Kier alpha value is -4.09. The molecule has 0 atom stereocenters. The third-order valence-corrected chi connectivity index (χ3v) is 7.96. The molecule has 2 nitrogen and oxygen atoms in total. The quantitative estimate of drug-likeness (QED) is 0.256. The van der Waals surface area contributed by atoms with Crippen LogP contribution in [0.4, 0.5) is 5.69 Å². The summed E-state index contributed by atoms with van der Waals surface area (Å²) >= 11 is 0. The number of hydrogen-bond acceptors (Lipinski definition) is 2. The summed E-state index contributed by atoms with van der Waals surface area (Å²) in [4.78, 5) is 2.42. The van der Waals surface area contributed by atoms with Crippen LogP contribution in [0.5, 0.6) is 0 Å². The van der Waals surface area contributed by atoms with Gasteiger partial charge in [-0.25, -0.2) is 0 Å². The van der Waals surface area contributed by atoms with Crippen LogP contribution in [0.25, 0.3) is 43.8 Å². The van der Waals surface area contributed by atoms with Crippen molar-refractivity contribution in [2.45, 2.75) is 25.7 Å². The number of rotatable bonds is 2. The molecule has 0 bridgehead atoms. The lowest BCUT2D eigenvalue weighted by atomic mass is 9.78. The third kappa shape index (κ3) is 3.16. The molecule has 1 aliphatic heterocycles. The van der Waals surface area contributed by atoms with Gasteiger partial charge in [0.1, 0.15) is 6.07 Å². The molecule has 0 radical (unpaired) electrons. The van der Waals surface area contributed by atoms with E-state index in [4.69, 9.17) is 0 Å². The fourth-order valence-electron chi connectivity index (χ4n) is 6.27. The third-order valence-electron chi connectivity index (χ3n) is 7.96. The largest absolute Gasteiger partial charge is 0.370 e. The number of aryl methyl sites for hydroxylation is 1. The number of fused-ring (bicyclic) bond motifs is 6. The zero-order valence-corrected chi connectivity index (χ0v) is 19.7. The second kappa shape index (κ2) is 8.00. The van der Waals surface area contributed by atoms with E-state index in [1.54, 1.807) is 0 Å². The molecule has 2 aliphatic rings. The van der Waals surface area contributed by atoms with Crippen LogP contribution < -0.4 is 4.90 Å². The van der Waals surface area contributed by atoms with Gasteiger partial charge < -0.3 is 4.90 Å². The molecule has 168 valence electrons. The molecule has 35 heavy (non-hydrogen) atoms. The molecular formula is C33H26N2. The van der Waals surface area contributed by atoms with Gasteiger partial charge in [-0.15, -0.1) is 0 Å². The van der Waals surface area contributed by atoms with Crippen LogP contribution in [-0.4, -0.2) is 13.1 Å². The normalized spacial score (nSPS) is 14.7. The van der Waals surface area contributed by atoms with Crippen molar-refractivity contribution < 1.29 is 0 Å². The Labute approximate surface area is 206 Å². The van der Waals surface area contributed by atoms with Gasteiger partial charge in [0.25, 0.3) is 0 Å². The number of benzene rings is 5. The minimum absolute atomic E-state index is 0.851. The molecule has 0 N–H and O–H groups in total. The number of hydrogen-bond donors (Lipinski definition) is 0. The fourth-order valence-corrected chi connectivity index (χ4v) is 6.27. The summed E-state index contributed by atoms with van der Waals surface area (Å²) in [6.07, 6.45) is 4.36. The van der Waals surface area contributed by atoms with E-state index in [-0.39, 0.29) is 0 Å². The zero-order chi connectivity index (χ0) is 23.4. The Morgan fingerprint density at radius 1 is 0.686 bits per heavy atom. The van der Waals surface area contributed by atoms with E-state index in [0.717, 1.165) is 42.7 Å². The van der Waals surface area contributed by atoms with Gasteiger partial charge in [-0.3, -0.25) is 0 Å². The van der Waals surface area contributed by atoms with Gasteiger partial charge in [-0.2, -0.15) is 5.26 Å². The molecule has 2 heteroatoms. The highest BCUT2D eigenvalue weighted by Crippen LogP contribution is 2.46. The van der Waals surface area contributed by atoms with Crippen molar-refractivity contribution in [2.75, 3.05) is 18.0 Å². The molecular weight excluding hydrogens is 424 g/mol. The van der Waals surface area contributed by atoms with Crippen LogP contribution >= 0.6 is 0 Å². The van der Waals surface area contributed by atoms with E-state index >= 15 is 0 Å². The van der Waals surface area contributed by atoms with Crippen LogP contribution in [-0.2, 0) is 12.8 Å². The molecule has 7 rings (SSSR count). The molecule has 5 aromatic carbocycles. The van der Waals surface area contributed by atoms with Gasteiger partial charge in [0.15, 0.2) is 0 Å². The summed E-state index contributed by atoms with van der Waals surface area (Å²) in [5.41, 5.74) is 9.55. The van der Waals surface area contributed by atoms with Crippen LogP contribution in [0, 0.1) is 11.3 Å². The van der Waals surface area contributed by atoms with Gasteiger partial charge in [0.05, 0.1) is 11.3 Å². The highest BCUT2D eigenvalue weighted by molar-refractivity contribution is 6.08. The molecule has 0 saturated carbocycles. The Bertz CT molecular complexity index is 1670. The SMILES string of the molecule is N#Cc1c(N2CCCC2)cc(-c2ccc3c(ccc4ccccc43)c2)c2c1-c1ccccc1CC2. The molecule has 5 aromatic rings. The first kappa shape index (κ1) is 20.3. The smallest absolute Gasteiger partial charge is 0.102 e. The average molecular weight is 451 g/mol. The predicted molar refractivity (Wildman–Crippen MR) is 146 cm³/mol. The second-order valence-electron chi connectivity index (χ2n) is 9.86. The number of nitrogens with zero attached hydrogens (tertiary/aromatic N) is 2. The first-order chi connectivity index (χ1) is 17.3. The second-order valence-corrected chi connectivity index (χ2v) is 9.86. The minimum Gasteiger partial charge on any atom is -0.370 e. The highest BCUT2D eigenvalue weighted by Gasteiger charge is 2.28. The van der Waals surface area contributed by atoms with E-state index in [2.05, 4.69) is 95.9 Å². The maximum atomic E-state index is 10.4. The number of nitriles is 1. The summed E-state index contributed by atoms with van der Waals surface area (Å²) in [6, 6.07) is 33.6. The van der Waals surface area contributed by atoms with Crippen molar-refractivity contribution in [1.82, 2.24) is 0 Å². The monoisotopic (exact) mass is 450 g/mol. The van der Waals surface area contributed by atoms with Crippen molar-refractivity contribution in [1.29, 1.82) is 5.26 Å². The lowest BCUT2D eigenvalue weighted by Gasteiger charge is -2.29. The van der Waals surface area contributed by atoms with Crippen LogP contribution in [0.3, 0.4) is 0 Å². The first-order valence-corrected chi connectivity index (χ1v) is 12.7. The standard InChI is InChI=1S/C33H26N2/c34-21-31-32(35-17-5-6-18-35)20-30(29-16-13-23-8-2-4-10-28(23)33(29)31)25-14-15-27-24(19-25)12-11-22-7-1-3-9-26(22)27/h1-4,7-12,14-15,19-20H,5-6,13,16-18H2. The van der Waals surface area contributed by atoms with Crippen molar-refractivity contribution in [3.63, 3.8) is 0 Å². The summed E-state index contributed by atoms with van der Waals surface area (Å²) in [5, 5.41) is 15.5. The van der Waals surface area contributed by atoms with E-state index in [1.807, 2.05) is 0 Å². The molecule has 1 saturated heterocycles. The summed E-state index contributed by atoms with van der Waals surface area (Å²) in [5.74, 6) is 0. The van der Waals surface area contributed by atoms with E-state index in [0.29, 0.717) is 0 Å². The van der Waals surface area contributed by atoms with E-state index in [1.165, 1.54) is 62.2 Å². The molecule has 1 fully saturated rings. The molecule has 1 heterocycles. The zero-order valence-electron chi connectivity index (χ0n) is 19.7. The molecule has 1 aliphatic carbocycles. The average Bonchev–Trinajstić information content (AvgIpc) is 3.46. The number of anilines is 1. The maximum absolute atomic E-state index is 10.4. The van der Waals surface area contributed by atoms with Gasteiger partial charge in [0.2, 0.25) is 0 Å². The molecule has 0 spiro atoms. The van der Waals surface area contributed by atoms with Gasteiger partial charge in [-0.1, -0.05) is 72.8 Å². The summed E-state index contributed by atoms with van der Waals surface area (Å²) in [6.45, 7) is 2.05. The van der Waals surface area contributed by atoms with Gasteiger partial charge >= 0.3 is 0 Å². The predicted octanol–water partition coefficient (Wildman–Crippen LogP) is 7.90. The lowest BCUT2D eigenvalue weighted by Crippen LogP contribution is -2.20.